The van der Waals surface area contributed by atoms with Crippen molar-refractivity contribution in [3.05, 3.63) is 40.6 Å². The minimum atomic E-state index is 0.303. The number of thiophene rings is 1. The zero-order valence-electron chi connectivity index (χ0n) is 14.4. The summed E-state index contributed by atoms with van der Waals surface area (Å²) in [5.41, 5.74) is 0. The van der Waals surface area contributed by atoms with Crippen molar-refractivity contribution in [2.75, 3.05) is 46.1 Å². The fraction of sp³-hybridized carbons (Fsp3) is 0.474. The molecule has 0 spiro atoms. The van der Waals surface area contributed by atoms with Gasteiger partial charge in [-0.25, -0.2) is 0 Å². The van der Waals surface area contributed by atoms with Crippen molar-refractivity contribution < 1.29 is 14.2 Å². The normalized spacial score (nSPS) is 17.8. The van der Waals surface area contributed by atoms with Crippen LogP contribution in [0.15, 0.2) is 35.7 Å². The van der Waals surface area contributed by atoms with Gasteiger partial charge in [-0.3, -0.25) is 4.90 Å². The highest BCUT2D eigenvalue weighted by molar-refractivity contribution is 7.09. The third-order valence-electron chi connectivity index (χ3n) is 4.66. The van der Waals surface area contributed by atoms with Gasteiger partial charge in [-0.15, -0.1) is 11.3 Å². The second-order valence-corrected chi connectivity index (χ2v) is 7.45. The number of piperazine rings is 1. The van der Waals surface area contributed by atoms with Gasteiger partial charge in [0.05, 0.1) is 6.61 Å². The lowest BCUT2D eigenvalue weighted by atomic mass is 10.2. The van der Waals surface area contributed by atoms with Crippen molar-refractivity contribution in [3.8, 4) is 17.2 Å². The van der Waals surface area contributed by atoms with Crippen LogP contribution in [0, 0.1) is 0 Å². The molecule has 0 amide bonds. The van der Waals surface area contributed by atoms with Gasteiger partial charge in [0.1, 0.15) is 5.75 Å². The Morgan fingerprint density at radius 1 is 1.00 bits per heavy atom. The van der Waals surface area contributed by atoms with Gasteiger partial charge in [0.2, 0.25) is 6.79 Å². The standard InChI is InChI=1S/C19H24N2O3S/c1-3-17(25-12-1)14-21-9-7-20(8-10-21)6-2-11-22-16-4-5-18-19(13-16)24-15-23-18/h1,3-5,12-13H,2,6-11,14-15H2. The quantitative estimate of drug-likeness (QED) is 0.709. The molecule has 0 atom stereocenters. The van der Waals surface area contributed by atoms with Gasteiger partial charge >= 0.3 is 0 Å². The molecule has 2 aromatic rings. The van der Waals surface area contributed by atoms with E-state index in [1.807, 2.05) is 29.5 Å². The predicted octanol–water partition coefficient (Wildman–Crippen LogP) is 3.06. The van der Waals surface area contributed by atoms with E-state index in [0.717, 1.165) is 69.5 Å². The molecule has 0 unspecified atom stereocenters. The molecule has 134 valence electrons. The van der Waals surface area contributed by atoms with E-state index in [-0.39, 0.29) is 0 Å². The summed E-state index contributed by atoms with van der Waals surface area (Å²) in [6.45, 7) is 7.83. The molecular weight excluding hydrogens is 336 g/mol. The molecule has 0 saturated carbocycles. The Hall–Kier alpha value is -1.76. The number of nitrogens with zero attached hydrogens (tertiary/aromatic N) is 2. The highest BCUT2D eigenvalue weighted by Gasteiger charge is 2.17. The zero-order valence-corrected chi connectivity index (χ0v) is 15.2. The second kappa shape index (κ2) is 8.08. The van der Waals surface area contributed by atoms with Gasteiger partial charge in [0.15, 0.2) is 11.5 Å². The highest BCUT2D eigenvalue weighted by atomic mass is 32.1. The Bertz CT molecular complexity index is 669. The van der Waals surface area contributed by atoms with Crippen LogP contribution in [0.3, 0.4) is 0 Å². The number of benzene rings is 1. The largest absolute Gasteiger partial charge is 0.493 e. The average Bonchev–Trinajstić information content (AvgIpc) is 3.31. The van der Waals surface area contributed by atoms with Crippen LogP contribution in [0.2, 0.25) is 0 Å². The molecule has 6 heteroatoms. The zero-order chi connectivity index (χ0) is 16.9. The molecule has 0 N–H and O–H groups in total. The molecule has 3 heterocycles. The summed E-state index contributed by atoms with van der Waals surface area (Å²) in [5.74, 6) is 2.43. The molecule has 1 aromatic carbocycles. The fourth-order valence-corrected chi connectivity index (χ4v) is 3.98. The Morgan fingerprint density at radius 3 is 2.68 bits per heavy atom. The van der Waals surface area contributed by atoms with Crippen LogP contribution < -0.4 is 14.2 Å². The van der Waals surface area contributed by atoms with E-state index in [2.05, 4.69) is 27.3 Å². The predicted molar refractivity (Wildman–Crippen MR) is 98.7 cm³/mol. The molecule has 25 heavy (non-hydrogen) atoms. The first-order valence-corrected chi connectivity index (χ1v) is 9.74. The molecule has 5 nitrogen and oxygen atoms in total. The molecule has 2 aliphatic rings. The van der Waals surface area contributed by atoms with E-state index in [9.17, 15) is 0 Å². The van der Waals surface area contributed by atoms with Crippen LogP contribution in [0.25, 0.3) is 0 Å². The third-order valence-corrected chi connectivity index (χ3v) is 5.52. The molecule has 0 radical (unpaired) electrons. The average molecular weight is 360 g/mol. The number of fused-ring (bicyclic) bond motifs is 1. The first kappa shape index (κ1) is 16.7. The van der Waals surface area contributed by atoms with Crippen molar-refractivity contribution >= 4 is 11.3 Å². The highest BCUT2D eigenvalue weighted by Crippen LogP contribution is 2.35. The van der Waals surface area contributed by atoms with Gasteiger partial charge in [0.25, 0.3) is 0 Å². The maximum atomic E-state index is 5.84. The monoisotopic (exact) mass is 360 g/mol. The van der Waals surface area contributed by atoms with Crippen molar-refractivity contribution in [1.29, 1.82) is 0 Å². The first-order chi connectivity index (χ1) is 12.4. The van der Waals surface area contributed by atoms with Crippen LogP contribution >= 0.6 is 11.3 Å². The lowest BCUT2D eigenvalue weighted by molar-refractivity contribution is 0.122. The van der Waals surface area contributed by atoms with Crippen molar-refractivity contribution in [3.63, 3.8) is 0 Å². The van der Waals surface area contributed by atoms with Crippen LogP contribution in [-0.2, 0) is 6.54 Å². The fourth-order valence-electron chi connectivity index (χ4n) is 3.24. The molecule has 1 aromatic heterocycles. The Kier molecular flexibility index (Phi) is 5.40. The first-order valence-electron chi connectivity index (χ1n) is 8.86. The molecule has 1 fully saturated rings. The minimum absolute atomic E-state index is 0.303. The van der Waals surface area contributed by atoms with E-state index in [0.29, 0.717) is 6.79 Å². The lowest BCUT2D eigenvalue weighted by Crippen LogP contribution is -2.46. The number of rotatable bonds is 7. The SMILES string of the molecule is c1csc(CN2CCN(CCCOc3ccc4c(c3)OCO4)CC2)c1. The third kappa shape index (κ3) is 4.45. The van der Waals surface area contributed by atoms with Crippen LogP contribution in [-0.4, -0.2) is 55.9 Å². The summed E-state index contributed by atoms with van der Waals surface area (Å²) in [6, 6.07) is 10.1. The smallest absolute Gasteiger partial charge is 0.231 e. The second-order valence-electron chi connectivity index (χ2n) is 6.41. The van der Waals surface area contributed by atoms with Gasteiger partial charge in [0, 0.05) is 50.2 Å². The molecule has 0 aliphatic carbocycles. The van der Waals surface area contributed by atoms with Crippen molar-refractivity contribution in [2.24, 2.45) is 0 Å². The van der Waals surface area contributed by atoms with Gasteiger partial charge in [-0.2, -0.15) is 0 Å². The van der Waals surface area contributed by atoms with Crippen molar-refractivity contribution in [1.82, 2.24) is 9.80 Å². The topological polar surface area (TPSA) is 34.2 Å². The summed E-state index contributed by atoms with van der Waals surface area (Å²) < 4.78 is 16.5. The Morgan fingerprint density at radius 2 is 1.84 bits per heavy atom. The molecule has 2 aliphatic heterocycles. The van der Waals surface area contributed by atoms with Crippen LogP contribution in [0.5, 0.6) is 17.2 Å². The number of hydrogen-bond acceptors (Lipinski definition) is 6. The molecule has 0 bridgehead atoms. The summed E-state index contributed by atoms with van der Waals surface area (Å²) >= 11 is 1.85. The van der Waals surface area contributed by atoms with E-state index in [1.165, 1.54) is 4.88 Å². The van der Waals surface area contributed by atoms with Gasteiger partial charge in [-0.05, 0) is 30.0 Å². The number of ether oxygens (including phenoxy) is 3. The lowest BCUT2D eigenvalue weighted by Gasteiger charge is -2.34. The van der Waals surface area contributed by atoms with Crippen molar-refractivity contribution in [2.45, 2.75) is 13.0 Å². The molecule has 4 rings (SSSR count). The minimum Gasteiger partial charge on any atom is -0.493 e. The van der Waals surface area contributed by atoms with Gasteiger partial charge in [-0.1, -0.05) is 6.07 Å². The summed E-state index contributed by atoms with van der Waals surface area (Å²) in [6.07, 6.45) is 1.04. The Balaban J connectivity index is 1.13. The summed E-state index contributed by atoms with van der Waals surface area (Å²) in [4.78, 5) is 6.55. The number of hydrogen-bond donors (Lipinski definition) is 0. The Labute approximate surface area is 152 Å². The van der Waals surface area contributed by atoms with E-state index in [4.69, 9.17) is 14.2 Å². The van der Waals surface area contributed by atoms with Crippen LogP contribution in [0.1, 0.15) is 11.3 Å². The van der Waals surface area contributed by atoms with E-state index in [1.54, 1.807) is 0 Å². The summed E-state index contributed by atoms with van der Waals surface area (Å²) in [5, 5.41) is 2.16. The molecule has 1 saturated heterocycles. The molecular formula is C19H24N2O3S. The van der Waals surface area contributed by atoms with Crippen LogP contribution in [0.4, 0.5) is 0 Å². The maximum Gasteiger partial charge on any atom is 0.231 e. The van der Waals surface area contributed by atoms with E-state index >= 15 is 0 Å². The maximum absolute atomic E-state index is 5.84. The summed E-state index contributed by atoms with van der Waals surface area (Å²) in [7, 11) is 0. The van der Waals surface area contributed by atoms with E-state index < -0.39 is 0 Å². The van der Waals surface area contributed by atoms with Gasteiger partial charge < -0.3 is 19.1 Å².